The van der Waals surface area contributed by atoms with Crippen LogP contribution in [0.15, 0.2) is 23.4 Å². The quantitative estimate of drug-likeness (QED) is 0.531. The van der Waals surface area contributed by atoms with Gasteiger partial charge in [-0.2, -0.15) is 9.36 Å². The van der Waals surface area contributed by atoms with Crippen LogP contribution in [0.4, 0.5) is 5.13 Å². The van der Waals surface area contributed by atoms with Crippen LogP contribution in [-0.2, 0) is 4.79 Å². The Morgan fingerprint density at radius 2 is 2.26 bits per heavy atom. The molecule has 0 radical (unpaired) electrons. The van der Waals surface area contributed by atoms with Crippen molar-refractivity contribution in [3.8, 4) is 5.75 Å². The average Bonchev–Trinajstić information content (AvgIpc) is 2.79. The lowest BCUT2D eigenvalue weighted by atomic mass is 10.3. The molecular weight excluding hydrogens is 311 g/mol. The van der Waals surface area contributed by atoms with Gasteiger partial charge in [-0.1, -0.05) is 28.4 Å². The van der Waals surface area contributed by atoms with Gasteiger partial charge in [0, 0.05) is 16.6 Å². The van der Waals surface area contributed by atoms with Crippen LogP contribution in [0.2, 0.25) is 10.0 Å². The molecule has 19 heavy (non-hydrogen) atoms. The second-order valence-corrected chi connectivity index (χ2v) is 4.84. The number of aromatic nitrogens is 2. The van der Waals surface area contributed by atoms with E-state index in [1.165, 1.54) is 12.1 Å². The van der Waals surface area contributed by atoms with E-state index in [0.717, 1.165) is 11.5 Å². The molecule has 6 nitrogen and oxygen atoms in total. The zero-order valence-electron chi connectivity index (χ0n) is 9.21. The van der Waals surface area contributed by atoms with Crippen molar-refractivity contribution in [1.82, 2.24) is 9.36 Å². The summed E-state index contributed by atoms with van der Waals surface area (Å²) in [7, 11) is 0. The topological polar surface area (TPSA) is 90.5 Å². The number of nitrogens with two attached hydrogens (primary N) is 1. The van der Waals surface area contributed by atoms with Crippen molar-refractivity contribution >= 4 is 51.9 Å². The number of nitrogen functional groups attached to an aromatic ring is 1. The molecule has 2 aromatic rings. The van der Waals surface area contributed by atoms with Gasteiger partial charge in [-0.15, -0.1) is 0 Å². The van der Waals surface area contributed by atoms with Crippen molar-refractivity contribution in [2.45, 2.75) is 0 Å². The van der Waals surface area contributed by atoms with E-state index in [1.54, 1.807) is 6.07 Å². The highest BCUT2D eigenvalue weighted by atomic mass is 35.5. The van der Waals surface area contributed by atoms with E-state index >= 15 is 0 Å². The summed E-state index contributed by atoms with van der Waals surface area (Å²) in [5, 5.41) is 4.60. The van der Waals surface area contributed by atoms with Gasteiger partial charge in [-0.3, -0.25) is 4.79 Å². The highest BCUT2D eigenvalue weighted by Crippen LogP contribution is 2.27. The number of aldehydes is 1. The third-order valence-electron chi connectivity index (χ3n) is 1.92. The smallest absolute Gasteiger partial charge is 0.200 e. The molecule has 0 aliphatic heterocycles. The highest BCUT2D eigenvalue weighted by molar-refractivity contribution is 7.09. The number of carbonyl (C=O) groups is 1. The minimum Gasteiger partial charge on any atom is -0.374 e. The van der Waals surface area contributed by atoms with E-state index in [4.69, 9.17) is 33.8 Å². The van der Waals surface area contributed by atoms with Gasteiger partial charge in [0.25, 0.3) is 0 Å². The molecule has 98 valence electrons. The van der Waals surface area contributed by atoms with Crippen molar-refractivity contribution in [3.63, 3.8) is 0 Å². The summed E-state index contributed by atoms with van der Waals surface area (Å²) in [6.45, 7) is 0. The van der Waals surface area contributed by atoms with Crippen LogP contribution < -0.4 is 10.6 Å². The fourth-order valence-electron chi connectivity index (χ4n) is 1.10. The minimum absolute atomic E-state index is 0.0843. The van der Waals surface area contributed by atoms with Crippen LogP contribution in [0.3, 0.4) is 0 Å². The molecule has 0 amide bonds. The summed E-state index contributed by atoms with van der Waals surface area (Å²) in [5.74, 6) is 0.358. The number of carbonyl (C=O) groups excluding carboxylic acids is 1. The number of rotatable bonds is 4. The van der Waals surface area contributed by atoms with Crippen LogP contribution in [0, 0.1) is 0 Å². The summed E-state index contributed by atoms with van der Waals surface area (Å²) >= 11 is 12.6. The van der Waals surface area contributed by atoms with E-state index < -0.39 is 0 Å². The van der Waals surface area contributed by atoms with Crippen LogP contribution in [0.5, 0.6) is 5.75 Å². The Labute approximate surface area is 122 Å². The number of nitrogens with zero attached hydrogens (tertiary/aromatic N) is 3. The third kappa shape index (κ3) is 3.40. The predicted octanol–water partition coefficient (Wildman–Crippen LogP) is 2.41. The number of anilines is 1. The first-order chi connectivity index (χ1) is 9.10. The van der Waals surface area contributed by atoms with E-state index in [2.05, 4.69) is 14.5 Å². The van der Waals surface area contributed by atoms with E-state index in [9.17, 15) is 4.79 Å². The second kappa shape index (κ2) is 5.96. The van der Waals surface area contributed by atoms with Gasteiger partial charge in [-0.25, -0.2) is 0 Å². The monoisotopic (exact) mass is 316 g/mol. The first kappa shape index (κ1) is 13.7. The van der Waals surface area contributed by atoms with Gasteiger partial charge in [-0.05, 0) is 18.2 Å². The molecule has 0 bridgehead atoms. The van der Waals surface area contributed by atoms with Gasteiger partial charge in [0.2, 0.25) is 0 Å². The molecule has 2 rings (SSSR count). The molecule has 0 spiro atoms. The molecule has 0 aliphatic rings. The standard InChI is InChI=1S/C10H6Cl2N4O2S/c11-5-1-2-8(6(12)3-5)18-15-7(4-17)9-14-10(13)19-16-9/h1-4H,(H2,13,14,16)/b15-7-. The van der Waals surface area contributed by atoms with Crippen LogP contribution in [-0.4, -0.2) is 21.4 Å². The molecule has 0 atom stereocenters. The molecule has 1 aromatic heterocycles. The van der Waals surface area contributed by atoms with Crippen LogP contribution in [0.1, 0.15) is 5.82 Å². The molecular formula is C10H6Cl2N4O2S. The number of oxime groups is 1. The fourth-order valence-corrected chi connectivity index (χ4v) is 1.99. The molecule has 0 unspecified atom stereocenters. The molecule has 1 aromatic carbocycles. The lowest BCUT2D eigenvalue weighted by molar-refractivity contribution is -0.102. The number of benzene rings is 1. The fraction of sp³-hybridized carbons (Fsp3) is 0. The zero-order chi connectivity index (χ0) is 13.8. The van der Waals surface area contributed by atoms with Crippen molar-refractivity contribution in [2.75, 3.05) is 5.73 Å². The van der Waals surface area contributed by atoms with Gasteiger partial charge in [0.1, 0.15) is 0 Å². The highest BCUT2D eigenvalue weighted by Gasteiger charge is 2.10. The zero-order valence-corrected chi connectivity index (χ0v) is 11.5. The Morgan fingerprint density at radius 1 is 1.47 bits per heavy atom. The van der Waals surface area contributed by atoms with E-state index in [0.29, 0.717) is 11.3 Å². The lowest BCUT2D eigenvalue weighted by Gasteiger charge is -2.01. The minimum atomic E-state index is -0.0843. The Morgan fingerprint density at radius 3 is 2.84 bits per heavy atom. The summed E-state index contributed by atoms with van der Waals surface area (Å²) in [5.41, 5.74) is 5.33. The lowest BCUT2D eigenvalue weighted by Crippen LogP contribution is -2.07. The van der Waals surface area contributed by atoms with Crippen molar-refractivity contribution in [1.29, 1.82) is 0 Å². The number of halogens is 2. The van der Waals surface area contributed by atoms with Crippen LogP contribution >= 0.6 is 34.7 Å². The maximum absolute atomic E-state index is 10.9. The van der Waals surface area contributed by atoms with Gasteiger partial charge >= 0.3 is 0 Å². The van der Waals surface area contributed by atoms with Crippen molar-refractivity contribution < 1.29 is 9.63 Å². The Bertz CT molecular complexity index is 644. The Hall–Kier alpha value is -1.70. The molecule has 0 saturated heterocycles. The first-order valence-corrected chi connectivity index (χ1v) is 6.38. The molecule has 0 aliphatic carbocycles. The number of hydrogen-bond donors (Lipinski definition) is 1. The molecule has 0 fully saturated rings. The van der Waals surface area contributed by atoms with Crippen LogP contribution in [0.25, 0.3) is 0 Å². The molecule has 2 N–H and O–H groups in total. The van der Waals surface area contributed by atoms with Crippen molar-refractivity contribution in [3.05, 3.63) is 34.1 Å². The Kier molecular flexibility index (Phi) is 4.31. The molecule has 1 heterocycles. The summed E-state index contributed by atoms with van der Waals surface area (Å²) in [6.07, 6.45) is 0.464. The van der Waals surface area contributed by atoms with E-state index in [1.807, 2.05) is 0 Å². The van der Waals surface area contributed by atoms with E-state index in [-0.39, 0.29) is 27.4 Å². The third-order valence-corrected chi connectivity index (χ3v) is 2.99. The first-order valence-electron chi connectivity index (χ1n) is 4.85. The maximum Gasteiger partial charge on any atom is 0.200 e. The predicted molar refractivity (Wildman–Crippen MR) is 74.0 cm³/mol. The van der Waals surface area contributed by atoms with Crippen molar-refractivity contribution in [2.24, 2.45) is 5.16 Å². The maximum atomic E-state index is 10.9. The van der Waals surface area contributed by atoms with Gasteiger partial charge < -0.3 is 10.6 Å². The summed E-state index contributed by atoms with van der Waals surface area (Å²) in [4.78, 5) is 19.8. The molecule has 9 heteroatoms. The largest absolute Gasteiger partial charge is 0.374 e. The summed E-state index contributed by atoms with van der Waals surface area (Å²) < 4.78 is 3.85. The summed E-state index contributed by atoms with van der Waals surface area (Å²) in [6, 6.07) is 4.60. The van der Waals surface area contributed by atoms with Gasteiger partial charge in [0.05, 0.1) is 5.02 Å². The average molecular weight is 317 g/mol. The normalized spacial score (nSPS) is 11.4. The number of hydrogen-bond acceptors (Lipinski definition) is 7. The molecule has 0 saturated carbocycles. The Balaban J connectivity index is 2.22. The second-order valence-electron chi connectivity index (χ2n) is 3.22. The SMILES string of the molecule is Nc1nc(/C(C=O)=N\Oc2ccc(Cl)cc2Cl)ns1. The van der Waals surface area contributed by atoms with Gasteiger partial charge in [0.15, 0.2) is 28.7 Å².